The van der Waals surface area contributed by atoms with Gasteiger partial charge in [-0.15, -0.1) is 0 Å². The molecule has 1 fully saturated rings. The fourth-order valence-corrected chi connectivity index (χ4v) is 2.91. The largest absolute Gasteiger partial charge is 0.328 e. The van der Waals surface area contributed by atoms with Gasteiger partial charge in [0.05, 0.1) is 0 Å². The number of piperidine rings is 1. The van der Waals surface area contributed by atoms with Gasteiger partial charge < -0.3 is 9.88 Å². The van der Waals surface area contributed by atoms with Crippen molar-refractivity contribution in [3.05, 3.63) is 46.1 Å². The summed E-state index contributed by atoms with van der Waals surface area (Å²) in [5, 5.41) is 1.34. The molecule has 0 atom stereocenters. The van der Waals surface area contributed by atoms with Crippen LogP contribution in [0.2, 0.25) is 0 Å². The third-order valence-corrected chi connectivity index (χ3v) is 4.05. The smallest absolute Gasteiger partial charge is 0.255 e. The summed E-state index contributed by atoms with van der Waals surface area (Å²) in [7, 11) is 2.11. The van der Waals surface area contributed by atoms with Crippen LogP contribution in [0.15, 0.2) is 29.2 Å². The minimum atomic E-state index is -0.285. The molecule has 100 valence electrons. The first-order chi connectivity index (χ1) is 9.15. The molecule has 1 saturated heterocycles. The SMILES string of the molecule is CN1CCC(c2c[nH]c(=O)c3ccc(F)cc23)CC1. The molecule has 2 heterocycles. The van der Waals surface area contributed by atoms with Gasteiger partial charge in [-0.3, -0.25) is 4.79 Å². The molecule has 0 spiro atoms. The van der Waals surface area contributed by atoms with Gasteiger partial charge in [0.2, 0.25) is 0 Å². The van der Waals surface area contributed by atoms with Crippen LogP contribution in [-0.4, -0.2) is 30.0 Å². The zero-order valence-electron chi connectivity index (χ0n) is 10.9. The Morgan fingerprint density at radius 1 is 1.26 bits per heavy atom. The van der Waals surface area contributed by atoms with Crippen LogP contribution in [0.1, 0.15) is 24.3 Å². The van der Waals surface area contributed by atoms with Crippen LogP contribution >= 0.6 is 0 Å². The van der Waals surface area contributed by atoms with E-state index in [1.807, 2.05) is 0 Å². The van der Waals surface area contributed by atoms with Crippen molar-refractivity contribution >= 4 is 10.8 Å². The molecule has 1 aliphatic rings. The Hall–Kier alpha value is -1.68. The second kappa shape index (κ2) is 4.78. The van der Waals surface area contributed by atoms with Crippen LogP contribution in [0, 0.1) is 5.82 Å². The predicted octanol–water partition coefficient (Wildman–Crippen LogP) is 2.48. The third-order valence-electron chi connectivity index (χ3n) is 4.05. The summed E-state index contributed by atoms with van der Waals surface area (Å²) in [6, 6.07) is 4.40. The van der Waals surface area contributed by atoms with E-state index >= 15 is 0 Å². The van der Waals surface area contributed by atoms with E-state index in [4.69, 9.17) is 0 Å². The van der Waals surface area contributed by atoms with Crippen molar-refractivity contribution in [2.24, 2.45) is 0 Å². The topological polar surface area (TPSA) is 36.1 Å². The molecule has 0 unspecified atom stereocenters. The molecular formula is C15H17FN2O. The summed E-state index contributed by atoms with van der Waals surface area (Å²) in [5.41, 5.74) is 0.925. The Balaban J connectivity index is 2.11. The molecule has 0 radical (unpaired) electrons. The van der Waals surface area contributed by atoms with Crippen molar-refractivity contribution in [1.82, 2.24) is 9.88 Å². The standard InChI is InChI=1S/C15H17FN2O/c1-18-6-4-10(5-7-18)14-9-17-15(19)12-3-2-11(16)8-13(12)14/h2-3,8-10H,4-7H2,1H3,(H,17,19). The minimum Gasteiger partial charge on any atom is -0.328 e. The normalized spacial score (nSPS) is 18.0. The maximum atomic E-state index is 13.5. The van der Waals surface area contributed by atoms with Crippen molar-refractivity contribution in [2.45, 2.75) is 18.8 Å². The fourth-order valence-electron chi connectivity index (χ4n) is 2.91. The van der Waals surface area contributed by atoms with Crippen LogP contribution < -0.4 is 5.56 Å². The number of nitrogens with one attached hydrogen (secondary N) is 1. The molecule has 0 saturated carbocycles. The molecule has 0 bridgehead atoms. The van der Waals surface area contributed by atoms with E-state index in [2.05, 4.69) is 16.9 Å². The van der Waals surface area contributed by atoms with Gasteiger partial charge in [0, 0.05) is 11.6 Å². The highest BCUT2D eigenvalue weighted by atomic mass is 19.1. The predicted molar refractivity (Wildman–Crippen MR) is 74.0 cm³/mol. The van der Waals surface area contributed by atoms with E-state index in [0.29, 0.717) is 11.3 Å². The molecule has 1 aromatic heterocycles. The fraction of sp³-hybridized carbons (Fsp3) is 0.400. The lowest BCUT2D eigenvalue weighted by molar-refractivity contribution is 0.256. The van der Waals surface area contributed by atoms with Crippen molar-refractivity contribution in [1.29, 1.82) is 0 Å². The number of aromatic nitrogens is 1. The highest BCUT2D eigenvalue weighted by molar-refractivity contribution is 5.85. The Labute approximate surface area is 111 Å². The number of benzene rings is 1. The second-order valence-electron chi connectivity index (χ2n) is 5.34. The van der Waals surface area contributed by atoms with Gasteiger partial charge in [0.25, 0.3) is 5.56 Å². The van der Waals surface area contributed by atoms with E-state index in [0.717, 1.165) is 36.9 Å². The monoisotopic (exact) mass is 260 g/mol. The zero-order chi connectivity index (χ0) is 13.4. The number of rotatable bonds is 1. The molecule has 19 heavy (non-hydrogen) atoms. The number of fused-ring (bicyclic) bond motifs is 1. The quantitative estimate of drug-likeness (QED) is 0.855. The van der Waals surface area contributed by atoms with Crippen molar-refractivity contribution < 1.29 is 4.39 Å². The number of pyridine rings is 1. The first-order valence-corrected chi connectivity index (χ1v) is 6.64. The first-order valence-electron chi connectivity index (χ1n) is 6.64. The number of hydrogen-bond donors (Lipinski definition) is 1. The van der Waals surface area contributed by atoms with Crippen LogP contribution in [0.25, 0.3) is 10.8 Å². The molecule has 3 nitrogen and oxygen atoms in total. The van der Waals surface area contributed by atoms with Gasteiger partial charge in [-0.2, -0.15) is 0 Å². The highest BCUT2D eigenvalue weighted by Crippen LogP contribution is 2.31. The lowest BCUT2D eigenvalue weighted by atomic mass is 9.88. The van der Waals surface area contributed by atoms with E-state index < -0.39 is 0 Å². The van der Waals surface area contributed by atoms with Gasteiger partial charge >= 0.3 is 0 Å². The molecule has 3 rings (SSSR count). The van der Waals surface area contributed by atoms with E-state index in [9.17, 15) is 9.18 Å². The highest BCUT2D eigenvalue weighted by Gasteiger charge is 2.21. The zero-order valence-corrected chi connectivity index (χ0v) is 10.9. The van der Waals surface area contributed by atoms with E-state index in [1.54, 1.807) is 12.3 Å². The lowest BCUT2D eigenvalue weighted by Crippen LogP contribution is -2.29. The number of H-pyrrole nitrogens is 1. The van der Waals surface area contributed by atoms with Crippen molar-refractivity contribution in [3.8, 4) is 0 Å². The molecule has 2 aromatic rings. The van der Waals surface area contributed by atoms with Crippen molar-refractivity contribution in [2.75, 3.05) is 20.1 Å². The van der Waals surface area contributed by atoms with E-state index in [1.165, 1.54) is 12.1 Å². The molecule has 4 heteroatoms. The number of hydrogen-bond acceptors (Lipinski definition) is 2. The Bertz CT molecular complexity index is 657. The van der Waals surface area contributed by atoms with Crippen LogP contribution in [0.4, 0.5) is 4.39 Å². The third kappa shape index (κ3) is 2.28. The van der Waals surface area contributed by atoms with E-state index in [-0.39, 0.29) is 11.4 Å². The molecular weight excluding hydrogens is 243 g/mol. The molecule has 1 aliphatic heterocycles. The molecule has 0 aliphatic carbocycles. The Morgan fingerprint density at radius 2 is 2.00 bits per heavy atom. The minimum absolute atomic E-state index is 0.147. The summed E-state index contributed by atoms with van der Waals surface area (Å²) in [4.78, 5) is 16.9. The van der Waals surface area contributed by atoms with Gasteiger partial charge in [0.1, 0.15) is 5.82 Å². The summed E-state index contributed by atoms with van der Waals surface area (Å²) in [6.07, 6.45) is 3.86. The Morgan fingerprint density at radius 3 is 2.74 bits per heavy atom. The average Bonchev–Trinajstić information content (AvgIpc) is 2.40. The molecule has 1 N–H and O–H groups in total. The van der Waals surface area contributed by atoms with Gasteiger partial charge in [-0.25, -0.2) is 4.39 Å². The Kier molecular flexibility index (Phi) is 3.11. The van der Waals surface area contributed by atoms with Crippen LogP contribution in [0.3, 0.4) is 0 Å². The summed E-state index contributed by atoms with van der Waals surface area (Å²) in [5.74, 6) is 0.115. The summed E-state index contributed by atoms with van der Waals surface area (Å²) < 4.78 is 13.5. The molecule has 0 amide bonds. The van der Waals surface area contributed by atoms with Gasteiger partial charge in [-0.05, 0) is 68.0 Å². The maximum absolute atomic E-state index is 13.5. The maximum Gasteiger partial charge on any atom is 0.255 e. The number of likely N-dealkylation sites (tertiary alicyclic amines) is 1. The number of halogens is 1. The summed E-state index contributed by atoms with van der Waals surface area (Å²) >= 11 is 0. The van der Waals surface area contributed by atoms with Gasteiger partial charge in [-0.1, -0.05) is 0 Å². The van der Waals surface area contributed by atoms with Gasteiger partial charge in [0.15, 0.2) is 0 Å². The lowest BCUT2D eigenvalue weighted by Gasteiger charge is -2.29. The van der Waals surface area contributed by atoms with Crippen molar-refractivity contribution in [3.63, 3.8) is 0 Å². The second-order valence-corrected chi connectivity index (χ2v) is 5.34. The van der Waals surface area contributed by atoms with Crippen LogP contribution in [0.5, 0.6) is 0 Å². The average molecular weight is 260 g/mol. The summed E-state index contributed by atoms with van der Waals surface area (Å²) in [6.45, 7) is 2.08. The number of nitrogens with zero attached hydrogens (tertiary/aromatic N) is 1. The molecule has 1 aromatic carbocycles. The van der Waals surface area contributed by atoms with Crippen LogP contribution in [-0.2, 0) is 0 Å². The number of aromatic amines is 1. The first kappa shape index (κ1) is 12.4.